The smallest absolute Gasteiger partial charge is 0.307 e. The van der Waals surface area contributed by atoms with Gasteiger partial charge in [-0.05, 0) is 37.3 Å². The van der Waals surface area contributed by atoms with Gasteiger partial charge in [0.2, 0.25) is 5.28 Å². The van der Waals surface area contributed by atoms with Crippen molar-refractivity contribution in [1.82, 2.24) is 9.97 Å². The van der Waals surface area contributed by atoms with Crippen molar-refractivity contribution in [1.29, 1.82) is 0 Å². The molecule has 1 saturated carbocycles. The number of nitrogen functional groups attached to an aromatic ring is 1. The molecule has 2 rings (SSSR count). The summed E-state index contributed by atoms with van der Waals surface area (Å²) in [5, 5.41) is 0.133. The van der Waals surface area contributed by atoms with E-state index in [2.05, 4.69) is 16.9 Å². The summed E-state index contributed by atoms with van der Waals surface area (Å²) in [4.78, 5) is 21.8. The second-order valence-electron chi connectivity index (χ2n) is 5.74. The minimum absolute atomic E-state index is 0.133. The minimum Gasteiger partial charge on any atom is -0.442 e. The largest absolute Gasteiger partial charge is 0.442 e. The fourth-order valence-corrected chi connectivity index (χ4v) is 3.17. The van der Waals surface area contributed by atoms with Crippen LogP contribution in [0, 0.1) is 5.92 Å². The van der Waals surface area contributed by atoms with Crippen LogP contribution >= 0.6 is 11.6 Å². The first-order chi connectivity index (χ1) is 10.4. The number of esters is 1. The molecule has 0 spiro atoms. The normalized spacial score (nSPS) is 22.4. The van der Waals surface area contributed by atoms with E-state index >= 15 is 0 Å². The van der Waals surface area contributed by atoms with Crippen LogP contribution in [0.4, 0.5) is 11.5 Å². The van der Waals surface area contributed by atoms with E-state index in [-0.39, 0.29) is 17.3 Å². The quantitative estimate of drug-likeness (QED) is 0.509. The van der Waals surface area contributed by atoms with Crippen LogP contribution in [0.1, 0.15) is 46.5 Å². The molecule has 7 heteroatoms. The number of aromatic nitrogens is 2. The van der Waals surface area contributed by atoms with Crippen LogP contribution in [-0.2, 0) is 9.53 Å². The highest BCUT2D eigenvalue weighted by molar-refractivity contribution is 6.28. The topological polar surface area (TPSA) is 81.3 Å². The highest BCUT2D eigenvalue weighted by Gasteiger charge is 2.35. The molecule has 3 atom stereocenters. The van der Waals surface area contributed by atoms with Gasteiger partial charge in [-0.1, -0.05) is 20.3 Å². The molecule has 122 valence electrons. The Morgan fingerprint density at radius 1 is 1.59 bits per heavy atom. The Kier molecular flexibility index (Phi) is 5.45. The summed E-state index contributed by atoms with van der Waals surface area (Å²) in [7, 11) is 0. The molecule has 1 aromatic heterocycles. The molecule has 1 aromatic rings. The summed E-state index contributed by atoms with van der Waals surface area (Å²) < 4.78 is 5.50. The average Bonchev–Trinajstić information content (AvgIpc) is 2.89. The molecule has 0 amide bonds. The first kappa shape index (κ1) is 16.8. The third-order valence-electron chi connectivity index (χ3n) is 4.17. The number of nitrogens with two attached hydrogens (primary N) is 1. The molecule has 2 N–H and O–H groups in total. The maximum atomic E-state index is 11.7. The maximum absolute atomic E-state index is 11.7. The number of halogens is 1. The summed E-state index contributed by atoms with van der Waals surface area (Å²) in [6.45, 7) is 5.81. The molecule has 0 aromatic carbocycles. The molecule has 0 saturated heterocycles. The zero-order chi connectivity index (χ0) is 16.3. The van der Waals surface area contributed by atoms with Crippen LogP contribution in [0.2, 0.25) is 5.28 Å². The van der Waals surface area contributed by atoms with Crippen LogP contribution in [-0.4, -0.2) is 28.2 Å². The van der Waals surface area contributed by atoms with Gasteiger partial charge in [-0.3, -0.25) is 4.79 Å². The zero-order valence-corrected chi connectivity index (χ0v) is 14.0. The van der Waals surface area contributed by atoms with Crippen molar-refractivity contribution in [3.8, 4) is 0 Å². The Balaban J connectivity index is 2.36. The number of hydrogen-bond acceptors (Lipinski definition) is 6. The van der Waals surface area contributed by atoms with Gasteiger partial charge in [0.25, 0.3) is 0 Å². The predicted octanol–water partition coefficient (Wildman–Crippen LogP) is 3.01. The zero-order valence-electron chi connectivity index (χ0n) is 13.3. The minimum atomic E-state index is -0.453. The van der Waals surface area contributed by atoms with Crippen molar-refractivity contribution < 1.29 is 9.53 Å². The lowest BCUT2D eigenvalue weighted by molar-refractivity contribution is -0.148. The van der Waals surface area contributed by atoms with E-state index in [1.807, 2.05) is 11.8 Å². The number of hydrogen-bond donors (Lipinski definition) is 1. The Labute approximate surface area is 136 Å². The van der Waals surface area contributed by atoms with Gasteiger partial charge in [0.05, 0.1) is 11.9 Å². The van der Waals surface area contributed by atoms with E-state index in [0.717, 1.165) is 19.3 Å². The molecule has 0 radical (unpaired) electrons. The van der Waals surface area contributed by atoms with Crippen molar-refractivity contribution in [2.24, 2.45) is 5.92 Å². The molecule has 1 aliphatic rings. The first-order valence-electron chi connectivity index (χ1n) is 7.69. The summed E-state index contributed by atoms with van der Waals surface area (Å²) in [6.07, 6.45) is 4.65. The SMILES string of the molecule is CCC(=O)OC(C)N(c1nc(Cl)ncc1N)C1CCCC1C. The Morgan fingerprint density at radius 3 is 2.91 bits per heavy atom. The third-order valence-corrected chi connectivity index (χ3v) is 4.35. The van der Waals surface area contributed by atoms with E-state index in [0.29, 0.717) is 23.8 Å². The van der Waals surface area contributed by atoms with E-state index in [9.17, 15) is 4.79 Å². The highest BCUT2D eigenvalue weighted by atomic mass is 35.5. The molecule has 1 fully saturated rings. The van der Waals surface area contributed by atoms with Gasteiger partial charge in [-0.25, -0.2) is 4.98 Å². The lowest BCUT2D eigenvalue weighted by Gasteiger charge is -2.37. The van der Waals surface area contributed by atoms with Gasteiger partial charge in [0.1, 0.15) is 0 Å². The summed E-state index contributed by atoms with van der Waals surface area (Å²) in [5.74, 6) is 0.757. The summed E-state index contributed by atoms with van der Waals surface area (Å²) >= 11 is 5.93. The van der Waals surface area contributed by atoms with Gasteiger partial charge in [-0.2, -0.15) is 4.98 Å². The van der Waals surface area contributed by atoms with Crippen LogP contribution in [0.3, 0.4) is 0 Å². The Hall–Kier alpha value is -1.56. The fourth-order valence-electron chi connectivity index (χ4n) is 3.04. The number of rotatable bonds is 5. The number of anilines is 2. The van der Waals surface area contributed by atoms with Gasteiger partial charge >= 0.3 is 5.97 Å². The number of carbonyl (C=O) groups excluding carboxylic acids is 1. The molecule has 22 heavy (non-hydrogen) atoms. The van der Waals surface area contributed by atoms with Crippen LogP contribution < -0.4 is 10.6 Å². The standard InChI is InChI=1S/C15H23ClN4O2/c1-4-13(21)22-10(3)20(12-7-5-6-9(12)2)14-11(17)8-18-15(16)19-14/h8-10,12H,4-7,17H2,1-3H3. The number of nitrogens with zero attached hydrogens (tertiary/aromatic N) is 3. The fraction of sp³-hybridized carbons (Fsp3) is 0.667. The second-order valence-corrected chi connectivity index (χ2v) is 6.08. The monoisotopic (exact) mass is 326 g/mol. The van der Waals surface area contributed by atoms with Crippen LogP contribution in [0.5, 0.6) is 0 Å². The molecular weight excluding hydrogens is 304 g/mol. The van der Waals surface area contributed by atoms with E-state index < -0.39 is 6.23 Å². The number of carbonyl (C=O) groups is 1. The molecule has 0 bridgehead atoms. The second kappa shape index (κ2) is 7.13. The van der Waals surface area contributed by atoms with Gasteiger partial charge < -0.3 is 15.4 Å². The lowest BCUT2D eigenvalue weighted by Crippen LogP contribution is -2.46. The average molecular weight is 327 g/mol. The molecular formula is C15H23ClN4O2. The van der Waals surface area contributed by atoms with Crippen molar-refractivity contribution in [3.63, 3.8) is 0 Å². The van der Waals surface area contributed by atoms with Crippen molar-refractivity contribution >= 4 is 29.1 Å². The third kappa shape index (κ3) is 3.61. The van der Waals surface area contributed by atoms with E-state index in [4.69, 9.17) is 22.1 Å². The molecule has 0 aliphatic heterocycles. The van der Waals surface area contributed by atoms with Gasteiger partial charge in [0.15, 0.2) is 12.0 Å². The van der Waals surface area contributed by atoms with Crippen molar-refractivity contribution in [2.45, 2.75) is 58.7 Å². The lowest BCUT2D eigenvalue weighted by atomic mass is 10.0. The van der Waals surface area contributed by atoms with Crippen molar-refractivity contribution in [3.05, 3.63) is 11.5 Å². The van der Waals surface area contributed by atoms with Crippen LogP contribution in [0.25, 0.3) is 0 Å². The Morgan fingerprint density at radius 2 is 2.32 bits per heavy atom. The molecule has 6 nitrogen and oxygen atoms in total. The summed E-state index contributed by atoms with van der Waals surface area (Å²) in [6, 6.07) is 0.216. The predicted molar refractivity (Wildman–Crippen MR) is 86.6 cm³/mol. The first-order valence-corrected chi connectivity index (χ1v) is 8.07. The molecule has 3 unspecified atom stereocenters. The van der Waals surface area contributed by atoms with E-state index in [1.165, 1.54) is 6.20 Å². The van der Waals surface area contributed by atoms with Gasteiger partial charge in [0, 0.05) is 12.5 Å². The maximum Gasteiger partial charge on any atom is 0.307 e. The Bertz CT molecular complexity index is 540. The van der Waals surface area contributed by atoms with Crippen LogP contribution in [0.15, 0.2) is 6.20 Å². The molecule has 1 aliphatic carbocycles. The van der Waals surface area contributed by atoms with Gasteiger partial charge in [-0.15, -0.1) is 0 Å². The van der Waals surface area contributed by atoms with E-state index in [1.54, 1.807) is 6.92 Å². The highest BCUT2D eigenvalue weighted by Crippen LogP contribution is 2.36. The summed E-state index contributed by atoms with van der Waals surface area (Å²) in [5.41, 5.74) is 6.47. The number of ether oxygens (including phenoxy) is 1. The molecule has 1 heterocycles. The van der Waals surface area contributed by atoms with Crippen molar-refractivity contribution in [2.75, 3.05) is 10.6 Å².